The standard InChI is InChI=1S/C11H19BrN4O/c1-14-4-5-15(2)9(7-14)11(17)10-8(12)6-13-16(10)3/h6,9,11,17H,4-5,7H2,1-3H3. The van der Waals surface area contributed by atoms with Crippen LogP contribution in [0.25, 0.3) is 0 Å². The number of aliphatic hydroxyl groups is 1. The predicted molar refractivity (Wildman–Crippen MR) is 69.8 cm³/mol. The van der Waals surface area contributed by atoms with E-state index in [0.29, 0.717) is 0 Å². The third-order valence-electron chi connectivity index (χ3n) is 3.48. The third kappa shape index (κ3) is 2.54. The second-order valence-corrected chi connectivity index (χ2v) is 5.61. The molecule has 0 bridgehead atoms. The number of hydrogen-bond acceptors (Lipinski definition) is 4. The molecule has 5 nitrogen and oxygen atoms in total. The lowest BCUT2D eigenvalue weighted by molar-refractivity contribution is 0.00961. The Morgan fingerprint density at radius 1 is 1.41 bits per heavy atom. The number of halogens is 1. The van der Waals surface area contributed by atoms with Gasteiger partial charge in [-0.05, 0) is 30.0 Å². The first-order valence-corrected chi connectivity index (χ1v) is 6.54. The molecule has 1 aromatic rings. The van der Waals surface area contributed by atoms with Crippen LogP contribution in [0.4, 0.5) is 0 Å². The zero-order valence-electron chi connectivity index (χ0n) is 10.5. The Labute approximate surface area is 110 Å². The molecule has 17 heavy (non-hydrogen) atoms. The minimum Gasteiger partial charge on any atom is -0.385 e. The van der Waals surface area contributed by atoms with Crippen LogP contribution in [0.3, 0.4) is 0 Å². The molecule has 1 N–H and O–H groups in total. The summed E-state index contributed by atoms with van der Waals surface area (Å²) in [6.45, 7) is 2.90. The second kappa shape index (κ2) is 5.06. The molecule has 6 heteroatoms. The number of aliphatic hydroxyl groups excluding tert-OH is 1. The molecular weight excluding hydrogens is 284 g/mol. The van der Waals surface area contributed by atoms with E-state index in [1.807, 2.05) is 7.05 Å². The van der Waals surface area contributed by atoms with Crippen molar-refractivity contribution in [3.05, 3.63) is 16.4 Å². The van der Waals surface area contributed by atoms with Gasteiger partial charge in [-0.15, -0.1) is 0 Å². The SMILES string of the molecule is CN1CCN(C)C(C(O)c2c(Br)cnn2C)C1. The minimum absolute atomic E-state index is 0.112. The van der Waals surface area contributed by atoms with Crippen LogP contribution in [0.5, 0.6) is 0 Å². The number of nitrogens with zero attached hydrogens (tertiary/aromatic N) is 4. The van der Waals surface area contributed by atoms with E-state index in [9.17, 15) is 5.11 Å². The first-order chi connectivity index (χ1) is 8.00. The van der Waals surface area contributed by atoms with Crippen molar-refractivity contribution in [1.29, 1.82) is 0 Å². The average Bonchev–Trinajstić information content (AvgIpc) is 2.61. The molecule has 0 amide bonds. The molecule has 0 spiro atoms. The van der Waals surface area contributed by atoms with Gasteiger partial charge in [-0.1, -0.05) is 0 Å². The normalized spacial score (nSPS) is 25.1. The van der Waals surface area contributed by atoms with E-state index in [1.165, 1.54) is 0 Å². The van der Waals surface area contributed by atoms with Crippen molar-refractivity contribution < 1.29 is 5.11 Å². The molecule has 1 aliphatic heterocycles. The second-order valence-electron chi connectivity index (χ2n) is 4.76. The van der Waals surface area contributed by atoms with Gasteiger partial charge < -0.3 is 10.0 Å². The quantitative estimate of drug-likeness (QED) is 0.862. The molecule has 1 fully saturated rings. The molecule has 2 unspecified atom stereocenters. The molecule has 0 radical (unpaired) electrons. The van der Waals surface area contributed by atoms with Gasteiger partial charge in [0.1, 0.15) is 6.10 Å². The molecule has 1 aromatic heterocycles. The van der Waals surface area contributed by atoms with Crippen molar-refractivity contribution in [3.8, 4) is 0 Å². The molecule has 2 heterocycles. The highest BCUT2D eigenvalue weighted by Gasteiger charge is 2.32. The van der Waals surface area contributed by atoms with Crippen LogP contribution in [0.1, 0.15) is 11.8 Å². The Kier molecular flexibility index (Phi) is 3.87. The Morgan fingerprint density at radius 2 is 2.12 bits per heavy atom. The molecule has 0 saturated carbocycles. The number of piperazine rings is 1. The Bertz CT molecular complexity index is 375. The summed E-state index contributed by atoms with van der Waals surface area (Å²) in [7, 11) is 6.01. The monoisotopic (exact) mass is 302 g/mol. The van der Waals surface area contributed by atoms with Gasteiger partial charge in [0.05, 0.1) is 22.4 Å². The smallest absolute Gasteiger partial charge is 0.113 e. The highest BCUT2D eigenvalue weighted by Crippen LogP contribution is 2.28. The van der Waals surface area contributed by atoms with E-state index in [0.717, 1.165) is 29.8 Å². The fourth-order valence-corrected chi connectivity index (χ4v) is 2.90. The van der Waals surface area contributed by atoms with E-state index < -0.39 is 6.10 Å². The molecular formula is C11H19BrN4O. The van der Waals surface area contributed by atoms with Crippen LogP contribution in [-0.2, 0) is 7.05 Å². The molecule has 1 aliphatic rings. The summed E-state index contributed by atoms with van der Waals surface area (Å²) in [4.78, 5) is 4.46. The predicted octanol–water partition coefficient (Wildman–Crippen LogP) is 0.462. The number of aromatic nitrogens is 2. The highest BCUT2D eigenvalue weighted by molar-refractivity contribution is 9.10. The van der Waals surface area contributed by atoms with E-state index in [-0.39, 0.29) is 6.04 Å². The summed E-state index contributed by atoms with van der Waals surface area (Å²) >= 11 is 3.44. The van der Waals surface area contributed by atoms with Crippen LogP contribution < -0.4 is 0 Å². The maximum atomic E-state index is 10.5. The summed E-state index contributed by atoms with van der Waals surface area (Å²) in [5.74, 6) is 0. The zero-order chi connectivity index (χ0) is 12.6. The Balaban J connectivity index is 2.21. The van der Waals surface area contributed by atoms with Crippen molar-refractivity contribution in [2.24, 2.45) is 7.05 Å². The topological polar surface area (TPSA) is 44.5 Å². The van der Waals surface area contributed by atoms with Crippen molar-refractivity contribution in [3.63, 3.8) is 0 Å². The maximum absolute atomic E-state index is 10.5. The van der Waals surface area contributed by atoms with Crippen molar-refractivity contribution >= 4 is 15.9 Å². The van der Waals surface area contributed by atoms with E-state index >= 15 is 0 Å². The van der Waals surface area contributed by atoms with Gasteiger partial charge in [0.15, 0.2) is 0 Å². The van der Waals surface area contributed by atoms with Crippen LogP contribution >= 0.6 is 15.9 Å². The molecule has 2 rings (SSSR count). The van der Waals surface area contributed by atoms with Crippen LogP contribution in [-0.4, -0.2) is 64.5 Å². The highest BCUT2D eigenvalue weighted by atomic mass is 79.9. The van der Waals surface area contributed by atoms with Gasteiger partial charge in [-0.25, -0.2) is 0 Å². The number of rotatable bonds is 2. The van der Waals surface area contributed by atoms with Gasteiger partial charge in [-0.3, -0.25) is 9.58 Å². The summed E-state index contributed by atoms with van der Waals surface area (Å²) in [5, 5.41) is 14.7. The fourth-order valence-electron chi connectivity index (χ4n) is 2.32. The van der Waals surface area contributed by atoms with E-state index in [1.54, 1.807) is 10.9 Å². The van der Waals surface area contributed by atoms with Gasteiger partial charge in [0, 0.05) is 26.7 Å². The number of hydrogen-bond donors (Lipinski definition) is 1. The van der Waals surface area contributed by atoms with Gasteiger partial charge in [-0.2, -0.15) is 5.10 Å². The molecule has 0 aromatic carbocycles. The lowest BCUT2D eigenvalue weighted by Crippen LogP contribution is -2.52. The molecule has 0 aliphatic carbocycles. The van der Waals surface area contributed by atoms with Gasteiger partial charge >= 0.3 is 0 Å². The third-order valence-corrected chi connectivity index (χ3v) is 4.09. The molecule has 2 atom stereocenters. The first-order valence-electron chi connectivity index (χ1n) is 5.75. The lowest BCUT2D eigenvalue weighted by atomic mass is 10.0. The lowest BCUT2D eigenvalue weighted by Gasteiger charge is -2.40. The number of aryl methyl sites for hydroxylation is 1. The fraction of sp³-hybridized carbons (Fsp3) is 0.727. The van der Waals surface area contributed by atoms with Crippen molar-refractivity contribution in [2.45, 2.75) is 12.1 Å². The Morgan fingerprint density at radius 3 is 2.71 bits per heavy atom. The minimum atomic E-state index is -0.523. The summed E-state index contributed by atoms with van der Waals surface area (Å²) in [6.07, 6.45) is 1.20. The zero-order valence-corrected chi connectivity index (χ0v) is 12.1. The molecule has 96 valence electrons. The Hall–Kier alpha value is -0.430. The average molecular weight is 303 g/mol. The van der Waals surface area contributed by atoms with Crippen molar-refractivity contribution in [2.75, 3.05) is 33.7 Å². The van der Waals surface area contributed by atoms with Crippen LogP contribution in [0, 0.1) is 0 Å². The van der Waals surface area contributed by atoms with Crippen LogP contribution in [0.2, 0.25) is 0 Å². The largest absolute Gasteiger partial charge is 0.385 e. The van der Waals surface area contributed by atoms with Gasteiger partial charge in [0.2, 0.25) is 0 Å². The summed E-state index contributed by atoms with van der Waals surface area (Å²) in [6, 6.07) is 0.112. The first kappa shape index (κ1) is 13.0. The maximum Gasteiger partial charge on any atom is 0.113 e. The van der Waals surface area contributed by atoms with Gasteiger partial charge in [0.25, 0.3) is 0 Å². The van der Waals surface area contributed by atoms with E-state index in [2.05, 4.69) is 44.9 Å². The van der Waals surface area contributed by atoms with Crippen molar-refractivity contribution in [1.82, 2.24) is 19.6 Å². The number of likely N-dealkylation sites (N-methyl/N-ethyl adjacent to an activating group) is 2. The van der Waals surface area contributed by atoms with E-state index in [4.69, 9.17) is 0 Å². The summed E-state index contributed by atoms with van der Waals surface area (Å²) in [5.41, 5.74) is 0.845. The summed E-state index contributed by atoms with van der Waals surface area (Å²) < 4.78 is 2.60. The van der Waals surface area contributed by atoms with Crippen LogP contribution in [0.15, 0.2) is 10.7 Å². The molecule has 1 saturated heterocycles.